The number of para-hydroxylation sites is 2. The maximum atomic E-state index is 11.9. The van der Waals surface area contributed by atoms with E-state index >= 15 is 0 Å². The molecule has 0 unspecified atom stereocenters. The predicted molar refractivity (Wildman–Crippen MR) is 80.6 cm³/mol. The molecule has 0 atom stereocenters. The van der Waals surface area contributed by atoms with E-state index in [2.05, 4.69) is 10.5 Å². The lowest BCUT2D eigenvalue weighted by Crippen LogP contribution is -2.18. The number of ether oxygens (including phenoxy) is 2. The molecule has 112 valence electrons. The van der Waals surface area contributed by atoms with E-state index in [0.29, 0.717) is 30.3 Å². The Labute approximate surface area is 127 Å². The molecule has 6 heteroatoms. The van der Waals surface area contributed by atoms with Crippen molar-refractivity contribution in [3.05, 3.63) is 53.6 Å². The van der Waals surface area contributed by atoms with Crippen molar-refractivity contribution in [2.75, 3.05) is 13.2 Å². The molecular formula is C16H14N2O4. The molecule has 2 N–H and O–H groups in total. The summed E-state index contributed by atoms with van der Waals surface area (Å²) in [6.45, 7) is 0.986. The van der Waals surface area contributed by atoms with Crippen LogP contribution in [-0.2, 0) is 0 Å². The number of fused-ring (bicyclic) bond motifs is 1. The number of carbonyl (C=O) groups is 1. The third-order valence-corrected chi connectivity index (χ3v) is 3.12. The number of benzene rings is 2. The molecule has 1 aliphatic heterocycles. The van der Waals surface area contributed by atoms with Gasteiger partial charge in [0, 0.05) is 5.56 Å². The summed E-state index contributed by atoms with van der Waals surface area (Å²) in [5.74, 6) is 0.678. The predicted octanol–water partition coefficient (Wildman–Crippen LogP) is 1.93. The normalized spacial score (nSPS) is 13.1. The lowest BCUT2D eigenvalue weighted by atomic mass is 10.2. The maximum absolute atomic E-state index is 11.9. The van der Waals surface area contributed by atoms with E-state index in [1.54, 1.807) is 12.1 Å². The first-order valence-electron chi connectivity index (χ1n) is 6.76. The van der Waals surface area contributed by atoms with E-state index in [1.807, 2.05) is 18.2 Å². The molecule has 0 radical (unpaired) electrons. The Morgan fingerprint density at radius 1 is 1.14 bits per heavy atom. The fraction of sp³-hybridized carbons (Fsp3) is 0.125. The van der Waals surface area contributed by atoms with E-state index in [9.17, 15) is 9.90 Å². The highest BCUT2D eigenvalue weighted by Crippen LogP contribution is 2.32. The van der Waals surface area contributed by atoms with Crippen LogP contribution in [0.2, 0.25) is 0 Å². The van der Waals surface area contributed by atoms with E-state index in [0.717, 1.165) is 0 Å². The highest BCUT2D eigenvalue weighted by Gasteiger charge is 2.14. The number of hydrazone groups is 1. The zero-order chi connectivity index (χ0) is 15.4. The minimum absolute atomic E-state index is 0.0935. The van der Waals surface area contributed by atoms with Crippen LogP contribution in [-0.4, -0.2) is 30.4 Å². The first-order valence-corrected chi connectivity index (χ1v) is 6.76. The van der Waals surface area contributed by atoms with Crippen LogP contribution in [0.25, 0.3) is 0 Å². The van der Waals surface area contributed by atoms with Gasteiger partial charge in [0.2, 0.25) is 0 Å². The average molecular weight is 298 g/mol. The molecule has 2 aromatic rings. The second-order valence-electron chi connectivity index (χ2n) is 4.59. The van der Waals surface area contributed by atoms with Gasteiger partial charge in [0.15, 0.2) is 11.5 Å². The number of phenolic OH excluding ortho intramolecular Hbond substituents is 1. The molecule has 0 spiro atoms. The van der Waals surface area contributed by atoms with Gasteiger partial charge < -0.3 is 14.6 Å². The number of nitrogens with one attached hydrogen (secondary N) is 1. The number of hydrogen-bond donors (Lipinski definition) is 2. The maximum Gasteiger partial charge on any atom is 0.275 e. The van der Waals surface area contributed by atoms with Crippen molar-refractivity contribution in [2.24, 2.45) is 5.10 Å². The number of hydrogen-bond acceptors (Lipinski definition) is 5. The molecule has 3 rings (SSSR count). The van der Waals surface area contributed by atoms with Crippen LogP contribution in [0, 0.1) is 0 Å². The number of rotatable bonds is 3. The van der Waals surface area contributed by atoms with Crippen molar-refractivity contribution < 1.29 is 19.4 Å². The molecule has 1 heterocycles. The van der Waals surface area contributed by atoms with Crippen molar-refractivity contribution in [1.82, 2.24) is 5.43 Å². The van der Waals surface area contributed by atoms with Gasteiger partial charge in [-0.3, -0.25) is 4.79 Å². The lowest BCUT2D eigenvalue weighted by molar-refractivity contribution is 0.0952. The van der Waals surface area contributed by atoms with Crippen LogP contribution in [0.3, 0.4) is 0 Å². The zero-order valence-corrected chi connectivity index (χ0v) is 11.7. The molecule has 0 aliphatic carbocycles. The summed E-state index contributed by atoms with van der Waals surface area (Å²) in [5.41, 5.74) is 3.23. The standard InChI is InChI=1S/C16H14N2O4/c19-13-6-2-1-5-12(13)16(20)18-17-10-11-4-3-7-14-15(11)22-9-8-21-14/h1-7,10,19H,8-9H2,(H,18,20)/b17-10-. The van der Waals surface area contributed by atoms with Gasteiger partial charge in [-0.2, -0.15) is 5.10 Å². The Hall–Kier alpha value is -3.02. The number of amides is 1. The first-order chi connectivity index (χ1) is 10.8. The van der Waals surface area contributed by atoms with Crippen molar-refractivity contribution in [3.63, 3.8) is 0 Å². The number of nitrogens with zero attached hydrogens (tertiary/aromatic N) is 1. The molecule has 1 amide bonds. The Balaban J connectivity index is 1.73. The number of carbonyl (C=O) groups excluding carboxylic acids is 1. The van der Waals surface area contributed by atoms with Crippen LogP contribution >= 0.6 is 0 Å². The second kappa shape index (κ2) is 6.17. The quantitative estimate of drug-likeness (QED) is 0.670. The Morgan fingerprint density at radius 3 is 2.82 bits per heavy atom. The van der Waals surface area contributed by atoms with Crippen molar-refractivity contribution in [2.45, 2.75) is 0 Å². The summed E-state index contributed by atoms with van der Waals surface area (Å²) >= 11 is 0. The minimum atomic E-state index is -0.490. The summed E-state index contributed by atoms with van der Waals surface area (Å²) in [5, 5.41) is 13.5. The molecule has 0 aromatic heterocycles. The SMILES string of the molecule is O=C(N/N=C\c1cccc2c1OCCO2)c1ccccc1O. The van der Waals surface area contributed by atoms with Gasteiger partial charge in [0.25, 0.3) is 5.91 Å². The lowest BCUT2D eigenvalue weighted by Gasteiger charge is -2.19. The monoisotopic (exact) mass is 298 g/mol. The molecule has 22 heavy (non-hydrogen) atoms. The largest absolute Gasteiger partial charge is 0.507 e. The minimum Gasteiger partial charge on any atom is -0.507 e. The average Bonchev–Trinajstić information content (AvgIpc) is 2.55. The highest BCUT2D eigenvalue weighted by molar-refractivity contribution is 5.97. The third-order valence-electron chi connectivity index (χ3n) is 3.12. The summed E-state index contributed by atoms with van der Waals surface area (Å²) in [6, 6.07) is 11.7. The molecular weight excluding hydrogens is 284 g/mol. The highest BCUT2D eigenvalue weighted by atomic mass is 16.6. The topological polar surface area (TPSA) is 80.2 Å². The molecule has 0 saturated carbocycles. The fourth-order valence-electron chi connectivity index (χ4n) is 2.08. The summed E-state index contributed by atoms with van der Waals surface area (Å²) < 4.78 is 11.0. The van der Waals surface area contributed by atoms with E-state index in [4.69, 9.17) is 9.47 Å². The fourth-order valence-corrected chi connectivity index (χ4v) is 2.08. The van der Waals surface area contributed by atoms with Gasteiger partial charge in [0.05, 0.1) is 11.8 Å². The molecule has 6 nitrogen and oxygen atoms in total. The van der Waals surface area contributed by atoms with Gasteiger partial charge >= 0.3 is 0 Å². The van der Waals surface area contributed by atoms with Gasteiger partial charge in [0.1, 0.15) is 19.0 Å². The van der Waals surface area contributed by atoms with E-state index < -0.39 is 5.91 Å². The summed E-state index contributed by atoms with van der Waals surface area (Å²) in [6.07, 6.45) is 1.48. The molecule has 1 aliphatic rings. The Morgan fingerprint density at radius 2 is 1.95 bits per heavy atom. The van der Waals surface area contributed by atoms with Crippen LogP contribution in [0.4, 0.5) is 0 Å². The zero-order valence-electron chi connectivity index (χ0n) is 11.7. The second-order valence-corrected chi connectivity index (χ2v) is 4.59. The van der Waals surface area contributed by atoms with Crippen molar-refractivity contribution in [3.8, 4) is 17.2 Å². The molecule has 2 aromatic carbocycles. The molecule has 0 fully saturated rings. The van der Waals surface area contributed by atoms with E-state index in [1.165, 1.54) is 18.3 Å². The third kappa shape index (κ3) is 2.85. The van der Waals surface area contributed by atoms with Gasteiger partial charge in [-0.05, 0) is 24.3 Å². The van der Waals surface area contributed by atoms with Crippen LogP contribution in [0.5, 0.6) is 17.2 Å². The summed E-state index contributed by atoms with van der Waals surface area (Å²) in [7, 11) is 0. The van der Waals surface area contributed by atoms with Gasteiger partial charge in [-0.25, -0.2) is 5.43 Å². The first kappa shape index (κ1) is 13.9. The number of phenols is 1. The van der Waals surface area contributed by atoms with E-state index in [-0.39, 0.29) is 11.3 Å². The summed E-state index contributed by atoms with van der Waals surface area (Å²) in [4.78, 5) is 11.9. The van der Waals surface area contributed by atoms with Crippen LogP contribution in [0.1, 0.15) is 15.9 Å². The Kier molecular flexibility index (Phi) is 3.91. The van der Waals surface area contributed by atoms with Gasteiger partial charge in [-0.1, -0.05) is 18.2 Å². The van der Waals surface area contributed by atoms with Gasteiger partial charge in [-0.15, -0.1) is 0 Å². The molecule has 0 saturated heterocycles. The Bertz CT molecular complexity index is 728. The van der Waals surface area contributed by atoms with Crippen LogP contribution < -0.4 is 14.9 Å². The molecule has 0 bridgehead atoms. The van der Waals surface area contributed by atoms with Crippen molar-refractivity contribution in [1.29, 1.82) is 0 Å². The number of aromatic hydroxyl groups is 1. The smallest absolute Gasteiger partial charge is 0.275 e. The van der Waals surface area contributed by atoms with Crippen LogP contribution in [0.15, 0.2) is 47.6 Å². The van der Waals surface area contributed by atoms with Crippen molar-refractivity contribution >= 4 is 12.1 Å².